The van der Waals surface area contributed by atoms with Gasteiger partial charge in [0.2, 0.25) is 0 Å². The molecule has 1 aromatic carbocycles. The van der Waals surface area contributed by atoms with Gasteiger partial charge in [0.05, 0.1) is 6.04 Å². The molecular weight excluding hydrogens is 254 g/mol. The number of piperidine rings is 1. The van der Waals surface area contributed by atoms with Gasteiger partial charge in [-0.05, 0) is 56.1 Å². The summed E-state index contributed by atoms with van der Waals surface area (Å²) in [5.74, 6) is 9.96. The van der Waals surface area contributed by atoms with Crippen LogP contribution in [0.25, 0.3) is 0 Å². The quantitative estimate of drug-likeness (QED) is 0.743. The van der Waals surface area contributed by atoms with Crippen molar-refractivity contribution >= 4 is 0 Å². The van der Waals surface area contributed by atoms with Crippen LogP contribution >= 0.6 is 0 Å². The standard InChI is InChI=1S/C20H25N/c1-15-6-8-16(9-7-15)10-11-20(17-4-2-3-5-17)21-13-18-12-19(18)14-21/h6-9,17-20H,2-5,12-14H2,1H3. The smallest absolute Gasteiger partial charge is 0.0747 e. The number of benzene rings is 1. The van der Waals surface area contributed by atoms with Crippen molar-refractivity contribution in [1.82, 2.24) is 4.90 Å². The number of nitrogens with zero attached hydrogens (tertiary/aromatic N) is 1. The first-order valence-corrected chi connectivity index (χ1v) is 8.62. The molecule has 2 saturated carbocycles. The van der Waals surface area contributed by atoms with E-state index in [2.05, 4.69) is 47.9 Å². The maximum absolute atomic E-state index is 3.66. The van der Waals surface area contributed by atoms with Crippen molar-refractivity contribution < 1.29 is 0 Å². The SMILES string of the molecule is Cc1ccc(C#CC(C2CCCC2)N2CC3CC3C2)cc1. The van der Waals surface area contributed by atoms with Crippen LogP contribution in [0.1, 0.15) is 43.2 Å². The Balaban J connectivity index is 1.53. The third-order valence-corrected chi connectivity index (χ3v) is 5.66. The average molecular weight is 279 g/mol. The van der Waals surface area contributed by atoms with Gasteiger partial charge in [0.15, 0.2) is 0 Å². The molecule has 0 spiro atoms. The van der Waals surface area contributed by atoms with Gasteiger partial charge in [-0.15, -0.1) is 0 Å². The van der Waals surface area contributed by atoms with Crippen LogP contribution in [0.4, 0.5) is 0 Å². The third kappa shape index (κ3) is 2.87. The summed E-state index contributed by atoms with van der Waals surface area (Å²) in [7, 11) is 0. The Morgan fingerprint density at radius 2 is 1.71 bits per heavy atom. The van der Waals surface area contributed by atoms with Crippen LogP contribution in [0.3, 0.4) is 0 Å². The molecule has 1 heterocycles. The minimum Gasteiger partial charge on any atom is -0.289 e. The minimum absolute atomic E-state index is 0.515. The molecule has 3 atom stereocenters. The molecule has 1 nitrogen and oxygen atoms in total. The first-order valence-electron chi connectivity index (χ1n) is 8.62. The highest BCUT2D eigenvalue weighted by Crippen LogP contribution is 2.46. The van der Waals surface area contributed by atoms with E-state index in [9.17, 15) is 0 Å². The van der Waals surface area contributed by atoms with E-state index >= 15 is 0 Å². The van der Waals surface area contributed by atoms with Gasteiger partial charge in [-0.3, -0.25) is 4.90 Å². The Morgan fingerprint density at radius 1 is 1.05 bits per heavy atom. The van der Waals surface area contributed by atoms with Gasteiger partial charge in [-0.2, -0.15) is 0 Å². The Bertz CT molecular complexity index is 546. The Hall–Kier alpha value is -1.26. The molecule has 3 unspecified atom stereocenters. The van der Waals surface area contributed by atoms with Gasteiger partial charge in [0.1, 0.15) is 0 Å². The molecule has 3 fully saturated rings. The second-order valence-corrected chi connectivity index (χ2v) is 7.33. The summed E-state index contributed by atoms with van der Waals surface area (Å²) >= 11 is 0. The van der Waals surface area contributed by atoms with Crippen molar-refractivity contribution in [1.29, 1.82) is 0 Å². The highest BCUT2D eigenvalue weighted by Gasteiger charge is 2.47. The van der Waals surface area contributed by atoms with Crippen LogP contribution in [0.2, 0.25) is 0 Å². The minimum atomic E-state index is 0.515. The van der Waals surface area contributed by atoms with Crippen molar-refractivity contribution in [3.63, 3.8) is 0 Å². The fourth-order valence-corrected chi connectivity index (χ4v) is 4.24. The van der Waals surface area contributed by atoms with Gasteiger partial charge < -0.3 is 0 Å². The molecular formula is C20H25N. The second kappa shape index (κ2) is 5.50. The largest absolute Gasteiger partial charge is 0.289 e. The molecule has 2 aliphatic carbocycles. The van der Waals surface area contributed by atoms with E-state index in [1.165, 1.54) is 56.3 Å². The lowest BCUT2D eigenvalue weighted by Gasteiger charge is -2.29. The van der Waals surface area contributed by atoms with Crippen molar-refractivity contribution in [2.45, 2.75) is 45.1 Å². The fourth-order valence-electron chi connectivity index (χ4n) is 4.24. The van der Waals surface area contributed by atoms with Crippen molar-refractivity contribution in [2.24, 2.45) is 17.8 Å². The zero-order chi connectivity index (χ0) is 14.2. The van der Waals surface area contributed by atoms with E-state index in [0.717, 1.165) is 17.8 Å². The number of fused-ring (bicyclic) bond motifs is 1. The summed E-state index contributed by atoms with van der Waals surface area (Å²) in [6.45, 7) is 4.76. The van der Waals surface area contributed by atoms with Gasteiger partial charge in [0.25, 0.3) is 0 Å². The molecule has 1 aliphatic heterocycles. The van der Waals surface area contributed by atoms with E-state index in [-0.39, 0.29) is 0 Å². The predicted octanol–water partition coefficient (Wildman–Crippen LogP) is 3.86. The summed E-state index contributed by atoms with van der Waals surface area (Å²) in [6.07, 6.45) is 7.08. The molecule has 110 valence electrons. The van der Waals surface area contributed by atoms with Crippen molar-refractivity contribution in [3.05, 3.63) is 35.4 Å². The van der Waals surface area contributed by atoms with Crippen LogP contribution < -0.4 is 0 Å². The molecule has 21 heavy (non-hydrogen) atoms. The van der Waals surface area contributed by atoms with Crippen LogP contribution in [0, 0.1) is 36.5 Å². The monoisotopic (exact) mass is 279 g/mol. The van der Waals surface area contributed by atoms with Crippen LogP contribution in [-0.2, 0) is 0 Å². The molecule has 0 N–H and O–H groups in total. The van der Waals surface area contributed by atoms with Crippen molar-refractivity contribution in [2.75, 3.05) is 13.1 Å². The summed E-state index contributed by atoms with van der Waals surface area (Å²) in [6, 6.07) is 9.17. The number of likely N-dealkylation sites (tertiary alicyclic amines) is 1. The first-order chi connectivity index (χ1) is 10.3. The van der Waals surface area contributed by atoms with Gasteiger partial charge in [0, 0.05) is 18.7 Å². The molecule has 0 radical (unpaired) electrons. The Labute approximate surface area is 128 Å². The molecule has 1 saturated heterocycles. The maximum atomic E-state index is 3.66. The van der Waals surface area contributed by atoms with E-state index in [1.807, 2.05) is 0 Å². The zero-order valence-electron chi connectivity index (χ0n) is 13.0. The first kappa shape index (κ1) is 13.4. The summed E-state index contributed by atoms with van der Waals surface area (Å²) in [5, 5.41) is 0. The summed E-state index contributed by atoms with van der Waals surface area (Å²) in [4.78, 5) is 2.70. The fraction of sp³-hybridized carbons (Fsp3) is 0.600. The van der Waals surface area contributed by atoms with Crippen LogP contribution in [0.5, 0.6) is 0 Å². The molecule has 3 aliphatic rings. The van der Waals surface area contributed by atoms with E-state index in [1.54, 1.807) is 0 Å². The van der Waals surface area contributed by atoms with Crippen LogP contribution in [0.15, 0.2) is 24.3 Å². The van der Waals surface area contributed by atoms with E-state index in [4.69, 9.17) is 0 Å². The van der Waals surface area contributed by atoms with Crippen LogP contribution in [-0.4, -0.2) is 24.0 Å². The third-order valence-electron chi connectivity index (χ3n) is 5.66. The molecule has 1 heteroatoms. The predicted molar refractivity (Wildman–Crippen MR) is 87.0 cm³/mol. The Kier molecular flexibility index (Phi) is 3.51. The molecule has 0 aromatic heterocycles. The van der Waals surface area contributed by atoms with Gasteiger partial charge in [-0.1, -0.05) is 42.4 Å². The van der Waals surface area contributed by atoms with E-state index in [0.29, 0.717) is 6.04 Å². The van der Waals surface area contributed by atoms with Gasteiger partial charge in [-0.25, -0.2) is 0 Å². The molecule has 0 amide bonds. The highest BCUT2D eigenvalue weighted by molar-refractivity contribution is 5.37. The normalized spacial score (nSPS) is 29.8. The molecule has 1 aromatic rings. The maximum Gasteiger partial charge on any atom is 0.0747 e. The lowest BCUT2D eigenvalue weighted by Crippen LogP contribution is -2.38. The number of hydrogen-bond donors (Lipinski definition) is 0. The zero-order valence-corrected chi connectivity index (χ0v) is 13.0. The summed E-state index contributed by atoms with van der Waals surface area (Å²) in [5.41, 5.74) is 2.49. The summed E-state index contributed by atoms with van der Waals surface area (Å²) < 4.78 is 0. The lowest BCUT2D eigenvalue weighted by molar-refractivity contribution is 0.204. The number of rotatable bonds is 2. The number of aryl methyl sites for hydroxylation is 1. The molecule has 4 rings (SSSR count). The highest BCUT2D eigenvalue weighted by atomic mass is 15.2. The van der Waals surface area contributed by atoms with Gasteiger partial charge >= 0.3 is 0 Å². The van der Waals surface area contributed by atoms with E-state index < -0.39 is 0 Å². The topological polar surface area (TPSA) is 3.24 Å². The second-order valence-electron chi connectivity index (χ2n) is 7.33. The van der Waals surface area contributed by atoms with Crippen molar-refractivity contribution in [3.8, 4) is 11.8 Å². The Morgan fingerprint density at radius 3 is 2.38 bits per heavy atom. The molecule has 0 bridgehead atoms. The number of hydrogen-bond acceptors (Lipinski definition) is 1. The lowest BCUT2D eigenvalue weighted by atomic mass is 9.96. The average Bonchev–Trinajstić information content (AvgIpc) is 2.93.